The molecule has 1 aliphatic heterocycles. The van der Waals surface area contributed by atoms with Crippen molar-refractivity contribution in [3.8, 4) is 0 Å². The van der Waals surface area contributed by atoms with Crippen LogP contribution in [0.1, 0.15) is 38.1 Å². The van der Waals surface area contributed by atoms with E-state index in [-0.39, 0.29) is 23.7 Å². The highest BCUT2D eigenvalue weighted by Gasteiger charge is 2.32. The first-order valence-corrected chi connectivity index (χ1v) is 8.46. The van der Waals surface area contributed by atoms with Gasteiger partial charge in [-0.1, -0.05) is 0 Å². The largest absolute Gasteiger partial charge is 0.478 e. The van der Waals surface area contributed by atoms with Gasteiger partial charge in [0.05, 0.1) is 5.56 Å². The van der Waals surface area contributed by atoms with Crippen LogP contribution in [0, 0.1) is 0 Å². The molecule has 1 saturated heterocycles. The first-order chi connectivity index (χ1) is 12.1. The molecule has 0 radical (unpaired) electrons. The van der Waals surface area contributed by atoms with Crippen molar-refractivity contribution in [3.05, 3.63) is 29.8 Å². The normalized spacial score (nSPS) is 17.6. The average Bonchev–Trinajstić information content (AvgIpc) is 2.53. The Labute approximate surface area is 152 Å². The zero-order valence-corrected chi connectivity index (χ0v) is 15.5. The summed E-state index contributed by atoms with van der Waals surface area (Å²) in [4.78, 5) is 38.7. The number of ether oxygens (including phenoxy) is 1. The number of hydrogen-bond acceptors (Lipinski definition) is 4. The van der Waals surface area contributed by atoms with Crippen molar-refractivity contribution in [1.82, 2.24) is 9.80 Å². The molecule has 0 bridgehead atoms. The number of benzene rings is 1. The Hall–Kier alpha value is -2.77. The van der Waals surface area contributed by atoms with Gasteiger partial charge < -0.3 is 25.0 Å². The maximum atomic E-state index is 12.5. The van der Waals surface area contributed by atoms with Crippen LogP contribution in [-0.4, -0.2) is 64.3 Å². The number of hydrogen-bond donors (Lipinski definition) is 2. The van der Waals surface area contributed by atoms with Crippen LogP contribution in [0.2, 0.25) is 0 Å². The molecule has 1 aromatic carbocycles. The number of carbonyl (C=O) groups excluding carboxylic acids is 2. The van der Waals surface area contributed by atoms with E-state index >= 15 is 0 Å². The molecule has 0 saturated carbocycles. The summed E-state index contributed by atoms with van der Waals surface area (Å²) in [7, 11) is 0. The Morgan fingerprint density at radius 1 is 1.15 bits per heavy atom. The highest BCUT2D eigenvalue weighted by Crippen LogP contribution is 2.17. The number of nitrogens with one attached hydrogen (secondary N) is 1. The number of aromatic carboxylic acids is 1. The second-order valence-corrected chi connectivity index (χ2v) is 7.28. The third kappa shape index (κ3) is 5.11. The maximum Gasteiger partial charge on any atom is 0.410 e. The average molecular weight is 363 g/mol. The third-order valence-electron chi connectivity index (χ3n) is 3.92. The van der Waals surface area contributed by atoms with E-state index in [0.717, 1.165) is 0 Å². The van der Waals surface area contributed by atoms with Crippen LogP contribution in [0.25, 0.3) is 0 Å². The molecular weight excluding hydrogens is 338 g/mol. The summed E-state index contributed by atoms with van der Waals surface area (Å²) in [6, 6.07) is 5.49. The standard InChI is InChI=1S/C18H25N3O5/c1-12-11-20(17(25)26-18(2,3)4)9-10-21(12)16(24)19-14-7-5-13(6-8-14)15(22)23/h5-8,12H,9-11H2,1-4H3,(H,19,24)(H,22,23)/t12-/m0/s1. The van der Waals surface area contributed by atoms with Gasteiger partial charge in [-0.3, -0.25) is 0 Å². The molecular formula is C18H25N3O5. The second kappa shape index (κ2) is 7.63. The van der Waals surface area contributed by atoms with Crippen LogP contribution in [0.15, 0.2) is 24.3 Å². The summed E-state index contributed by atoms with van der Waals surface area (Å²) in [6.45, 7) is 8.48. The molecule has 0 aromatic heterocycles. The van der Waals surface area contributed by atoms with Gasteiger partial charge in [-0.2, -0.15) is 0 Å². The van der Waals surface area contributed by atoms with E-state index in [4.69, 9.17) is 9.84 Å². The molecule has 3 amide bonds. The Bertz CT molecular complexity index is 681. The van der Waals surface area contributed by atoms with Crippen molar-refractivity contribution in [2.24, 2.45) is 0 Å². The van der Waals surface area contributed by atoms with Gasteiger partial charge in [0.2, 0.25) is 0 Å². The number of carboxylic acids is 1. The molecule has 8 heteroatoms. The minimum atomic E-state index is -1.02. The minimum Gasteiger partial charge on any atom is -0.478 e. The smallest absolute Gasteiger partial charge is 0.410 e. The second-order valence-electron chi connectivity index (χ2n) is 7.28. The zero-order valence-electron chi connectivity index (χ0n) is 15.5. The van der Waals surface area contributed by atoms with E-state index in [1.165, 1.54) is 12.1 Å². The molecule has 2 N–H and O–H groups in total. The molecule has 1 fully saturated rings. The van der Waals surface area contributed by atoms with Crippen molar-refractivity contribution in [3.63, 3.8) is 0 Å². The van der Waals surface area contributed by atoms with E-state index in [0.29, 0.717) is 25.3 Å². The lowest BCUT2D eigenvalue weighted by atomic mass is 10.2. The summed E-state index contributed by atoms with van der Waals surface area (Å²) in [5.41, 5.74) is 0.112. The number of nitrogens with zero attached hydrogens (tertiary/aromatic N) is 2. The lowest BCUT2D eigenvalue weighted by Gasteiger charge is -2.40. The van der Waals surface area contributed by atoms with Gasteiger partial charge in [-0.15, -0.1) is 0 Å². The monoisotopic (exact) mass is 363 g/mol. The Kier molecular flexibility index (Phi) is 5.74. The predicted octanol–water partition coefficient (Wildman–Crippen LogP) is 2.86. The molecule has 0 unspecified atom stereocenters. The van der Waals surface area contributed by atoms with E-state index < -0.39 is 11.6 Å². The first kappa shape index (κ1) is 19.6. The lowest BCUT2D eigenvalue weighted by molar-refractivity contribution is 0.0112. The number of anilines is 1. The number of carbonyl (C=O) groups is 3. The molecule has 1 aliphatic rings. The molecule has 0 spiro atoms. The molecule has 8 nitrogen and oxygen atoms in total. The lowest BCUT2D eigenvalue weighted by Crippen LogP contribution is -2.57. The van der Waals surface area contributed by atoms with E-state index in [1.54, 1.807) is 21.9 Å². The van der Waals surface area contributed by atoms with Crippen LogP contribution in [0.4, 0.5) is 15.3 Å². The van der Waals surface area contributed by atoms with Crippen molar-refractivity contribution < 1.29 is 24.2 Å². The van der Waals surface area contributed by atoms with Crippen LogP contribution in [0.5, 0.6) is 0 Å². The first-order valence-electron chi connectivity index (χ1n) is 8.46. The van der Waals surface area contributed by atoms with Gasteiger partial charge in [0.1, 0.15) is 5.60 Å². The quantitative estimate of drug-likeness (QED) is 0.842. The molecule has 26 heavy (non-hydrogen) atoms. The summed E-state index contributed by atoms with van der Waals surface area (Å²) in [5.74, 6) is -1.02. The Morgan fingerprint density at radius 2 is 1.77 bits per heavy atom. The van der Waals surface area contributed by atoms with Crippen molar-refractivity contribution in [1.29, 1.82) is 0 Å². The zero-order chi connectivity index (χ0) is 19.5. The Morgan fingerprint density at radius 3 is 2.27 bits per heavy atom. The Balaban J connectivity index is 1.93. The third-order valence-corrected chi connectivity index (χ3v) is 3.92. The van der Waals surface area contributed by atoms with Gasteiger partial charge in [0.15, 0.2) is 0 Å². The van der Waals surface area contributed by atoms with E-state index in [9.17, 15) is 14.4 Å². The number of rotatable bonds is 2. The van der Waals surface area contributed by atoms with E-state index in [2.05, 4.69) is 5.32 Å². The fraction of sp³-hybridized carbons (Fsp3) is 0.500. The number of piperazine rings is 1. The predicted molar refractivity (Wildman–Crippen MR) is 96.4 cm³/mol. The van der Waals surface area contributed by atoms with E-state index in [1.807, 2.05) is 27.7 Å². The highest BCUT2D eigenvalue weighted by molar-refractivity contribution is 5.91. The van der Waals surface area contributed by atoms with Crippen LogP contribution in [0.3, 0.4) is 0 Å². The molecule has 0 aliphatic carbocycles. The molecule has 1 atom stereocenters. The fourth-order valence-corrected chi connectivity index (χ4v) is 2.64. The van der Waals surface area contributed by atoms with Crippen molar-refractivity contribution in [2.75, 3.05) is 25.0 Å². The van der Waals surface area contributed by atoms with Gasteiger partial charge in [-0.25, -0.2) is 14.4 Å². The summed E-state index contributed by atoms with van der Waals surface area (Å²) in [6.07, 6.45) is -0.381. The maximum absolute atomic E-state index is 12.5. The SMILES string of the molecule is C[C@H]1CN(C(=O)OC(C)(C)C)CCN1C(=O)Nc1ccc(C(=O)O)cc1. The minimum absolute atomic E-state index is 0.155. The number of carboxylic acid groups (broad SMARTS) is 1. The summed E-state index contributed by atoms with van der Waals surface area (Å²) in [5, 5.41) is 11.6. The van der Waals surface area contributed by atoms with Crippen LogP contribution < -0.4 is 5.32 Å². The van der Waals surface area contributed by atoms with Gasteiger partial charge >= 0.3 is 18.1 Å². The van der Waals surface area contributed by atoms with Crippen LogP contribution >= 0.6 is 0 Å². The summed E-state index contributed by atoms with van der Waals surface area (Å²) >= 11 is 0. The van der Waals surface area contributed by atoms with Gasteiger partial charge in [0, 0.05) is 31.4 Å². The van der Waals surface area contributed by atoms with Gasteiger partial charge in [0.25, 0.3) is 0 Å². The summed E-state index contributed by atoms with van der Waals surface area (Å²) < 4.78 is 5.37. The number of amides is 3. The van der Waals surface area contributed by atoms with Crippen molar-refractivity contribution in [2.45, 2.75) is 39.3 Å². The van der Waals surface area contributed by atoms with Crippen LogP contribution in [-0.2, 0) is 4.74 Å². The van der Waals surface area contributed by atoms with Crippen molar-refractivity contribution >= 4 is 23.8 Å². The fourth-order valence-electron chi connectivity index (χ4n) is 2.64. The number of urea groups is 1. The van der Waals surface area contributed by atoms with Gasteiger partial charge in [-0.05, 0) is 52.0 Å². The topological polar surface area (TPSA) is 99.2 Å². The molecule has 2 rings (SSSR count). The molecule has 1 aromatic rings. The molecule has 1 heterocycles. The highest BCUT2D eigenvalue weighted by atomic mass is 16.6. The molecule has 142 valence electrons.